The number of aliphatic hydroxyl groups is 1. The fourth-order valence-corrected chi connectivity index (χ4v) is 3.00. The smallest absolute Gasteiger partial charge is 0.336 e. The molecule has 1 heterocycles. The van der Waals surface area contributed by atoms with Crippen LogP contribution in [-0.2, 0) is 13.0 Å². The molecule has 0 unspecified atom stereocenters. The van der Waals surface area contributed by atoms with E-state index in [1.807, 2.05) is 31.0 Å². The highest BCUT2D eigenvalue weighted by Crippen LogP contribution is 2.26. The van der Waals surface area contributed by atoms with Gasteiger partial charge in [0, 0.05) is 29.6 Å². The van der Waals surface area contributed by atoms with E-state index in [1.54, 1.807) is 13.8 Å². The molecule has 5 heteroatoms. The second-order valence-corrected chi connectivity index (χ2v) is 6.78. The summed E-state index contributed by atoms with van der Waals surface area (Å²) >= 11 is 6.28. The first-order valence-electron chi connectivity index (χ1n) is 7.35. The number of hydrogen-bond acceptors (Lipinski definition) is 4. The molecule has 0 fully saturated rings. The van der Waals surface area contributed by atoms with Gasteiger partial charge in [0.15, 0.2) is 0 Å². The standard InChI is InChI=1S/C17H22ClNO3/c1-5-11-6-15-13(8-14(11)18)12(7-16(20)22-15)9-19(4)10-17(2,3)21/h6-8,21H,5,9-10H2,1-4H3. The van der Waals surface area contributed by atoms with E-state index in [1.165, 1.54) is 6.07 Å². The molecule has 2 rings (SSSR count). The van der Waals surface area contributed by atoms with Crippen molar-refractivity contribution < 1.29 is 9.52 Å². The van der Waals surface area contributed by atoms with E-state index >= 15 is 0 Å². The molecule has 22 heavy (non-hydrogen) atoms. The predicted octanol–water partition coefficient (Wildman–Crippen LogP) is 3.21. The fraction of sp³-hybridized carbons (Fsp3) is 0.471. The number of likely N-dealkylation sites (N-methyl/N-ethyl adjacent to an activating group) is 1. The number of fused-ring (bicyclic) bond motifs is 1. The van der Waals surface area contributed by atoms with Gasteiger partial charge < -0.3 is 9.52 Å². The summed E-state index contributed by atoms with van der Waals surface area (Å²) in [6.07, 6.45) is 0.779. The molecule has 1 aromatic heterocycles. The molecule has 0 atom stereocenters. The molecule has 0 saturated carbocycles. The monoisotopic (exact) mass is 323 g/mol. The highest BCUT2D eigenvalue weighted by molar-refractivity contribution is 6.32. The van der Waals surface area contributed by atoms with Crippen LogP contribution < -0.4 is 5.63 Å². The van der Waals surface area contributed by atoms with Crippen LogP contribution in [0.2, 0.25) is 5.02 Å². The molecule has 0 spiro atoms. The SMILES string of the molecule is CCc1cc2oc(=O)cc(CN(C)CC(C)(C)O)c2cc1Cl. The van der Waals surface area contributed by atoms with Crippen LogP contribution in [-0.4, -0.2) is 29.2 Å². The van der Waals surface area contributed by atoms with Crippen molar-refractivity contribution in [3.8, 4) is 0 Å². The average molecular weight is 324 g/mol. The Morgan fingerprint density at radius 3 is 2.55 bits per heavy atom. The third-order valence-corrected chi connectivity index (χ3v) is 3.83. The van der Waals surface area contributed by atoms with Crippen LogP contribution in [0.25, 0.3) is 11.0 Å². The Morgan fingerprint density at radius 1 is 1.27 bits per heavy atom. The van der Waals surface area contributed by atoms with Gasteiger partial charge in [0.25, 0.3) is 0 Å². The molecule has 4 nitrogen and oxygen atoms in total. The van der Waals surface area contributed by atoms with E-state index in [4.69, 9.17) is 16.0 Å². The van der Waals surface area contributed by atoms with E-state index in [0.29, 0.717) is 23.7 Å². The first-order chi connectivity index (χ1) is 10.2. The molecule has 0 saturated heterocycles. The van der Waals surface area contributed by atoms with Crippen molar-refractivity contribution in [3.05, 3.63) is 44.8 Å². The highest BCUT2D eigenvalue weighted by atomic mass is 35.5. The van der Waals surface area contributed by atoms with Gasteiger partial charge in [-0.05, 0) is 50.6 Å². The third-order valence-electron chi connectivity index (χ3n) is 3.48. The second-order valence-electron chi connectivity index (χ2n) is 6.37. The topological polar surface area (TPSA) is 53.7 Å². The minimum Gasteiger partial charge on any atom is -0.423 e. The molecule has 1 aromatic carbocycles. The van der Waals surface area contributed by atoms with Crippen LogP contribution in [0.15, 0.2) is 27.4 Å². The molecule has 1 N–H and O–H groups in total. The molecule has 2 aromatic rings. The maximum absolute atomic E-state index is 11.8. The van der Waals surface area contributed by atoms with Gasteiger partial charge in [-0.1, -0.05) is 18.5 Å². The van der Waals surface area contributed by atoms with Gasteiger partial charge in [-0.2, -0.15) is 0 Å². The van der Waals surface area contributed by atoms with Crippen molar-refractivity contribution in [1.29, 1.82) is 0 Å². The Morgan fingerprint density at radius 2 is 1.95 bits per heavy atom. The minimum atomic E-state index is -0.795. The lowest BCUT2D eigenvalue weighted by Gasteiger charge is -2.25. The largest absolute Gasteiger partial charge is 0.423 e. The number of aryl methyl sites for hydroxylation is 1. The fourth-order valence-electron chi connectivity index (χ4n) is 2.70. The van der Waals surface area contributed by atoms with Crippen LogP contribution in [0, 0.1) is 0 Å². The van der Waals surface area contributed by atoms with Crippen LogP contribution in [0.4, 0.5) is 0 Å². The van der Waals surface area contributed by atoms with Crippen molar-refractivity contribution in [3.63, 3.8) is 0 Å². The maximum atomic E-state index is 11.8. The summed E-state index contributed by atoms with van der Waals surface area (Å²) in [6, 6.07) is 5.18. The summed E-state index contributed by atoms with van der Waals surface area (Å²) in [5, 5.41) is 11.4. The van der Waals surface area contributed by atoms with Gasteiger partial charge in [-0.3, -0.25) is 4.90 Å². The zero-order chi connectivity index (χ0) is 16.5. The van der Waals surface area contributed by atoms with Crippen molar-refractivity contribution in [1.82, 2.24) is 4.90 Å². The lowest BCUT2D eigenvalue weighted by molar-refractivity contribution is 0.0425. The van der Waals surface area contributed by atoms with Crippen molar-refractivity contribution in [2.24, 2.45) is 0 Å². The summed E-state index contributed by atoms with van der Waals surface area (Å²) in [4.78, 5) is 13.8. The van der Waals surface area contributed by atoms with Crippen LogP contribution in [0.3, 0.4) is 0 Å². The molecule has 0 aliphatic carbocycles. The highest BCUT2D eigenvalue weighted by Gasteiger charge is 2.17. The lowest BCUT2D eigenvalue weighted by atomic mass is 10.0. The number of benzene rings is 1. The van der Waals surface area contributed by atoms with Crippen molar-refractivity contribution in [2.75, 3.05) is 13.6 Å². The summed E-state index contributed by atoms with van der Waals surface area (Å²) in [5.41, 5.74) is 1.20. The molecule has 0 aliphatic heterocycles. The summed E-state index contributed by atoms with van der Waals surface area (Å²) < 4.78 is 5.30. The van der Waals surface area contributed by atoms with Gasteiger partial charge in [-0.25, -0.2) is 4.79 Å². The van der Waals surface area contributed by atoms with Gasteiger partial charge in [0.05, 0.1) is 5.60 Å². The zero-order valence-corrected chi connectivity index (χ0v) is 14.2. The molecule has 0 radical (unpaired) electrons. The summed E-state index contributed by atoms with van der Waals surface area (Å²) in [5.74, 6) is 0. The average Bonchev–Trinajstić information content (AvgIpc) is 2.36. The van der Waals surface area contributed by atoms with Gasteiger partial charge >= 0.3 is 5.63 Å². The van der Waals surface area contributed by atoms with E-state index in [2.05, 4.69) is 0 Å². The van der Waals surface area contributed by atoms with Crippen molar-refractivity contribution >= 4 is 22.6 Å². The number of hydrogen-bond donors (Lipinski definition) is 1. The predicted molar refractivity (Wildman–Crippen MR) is 89.5 cm³/mol. The van der Waals surface area contributed by atoms with E-state index in [0.717, 1.165) is 22.9 Å². The van der Waals surface area contributed by atoms with Crippen LogP contribution in [0.5, 0.6) is 0 Å². The minimum absolute atomic E-state index is 0.372. The van der Waals surface area contributed by atoms with E-state index in [-0.39, 0.29) is 5.63 Å². The normalized spacial score (nSPS) is 12.3. The van der Waals surface area contributed by atoms with Crippen LogP contribution in [0.1, 0.15) is 31.9 Å². The van der Waals surface area contributed by atoms with Crippen LogP contribution >= 0.6 is 11.6 Å². The number of halogens is 1. The molecule has 0 amide bonds. The van der Waals surface area contributed by atoms with Crippen molar-refractivity contribution in [2.45, 2.75) is 39.3 Å². The maximum Gasteiger partial charge on any atom is 0.336 e. The lowest BCUT2D eigenvalue weighted by Crippen LogP contribution is -2.36. The quantitative estimate of drug-likeness (QED) is 0.858. The Balaban J connectivity index is 2.45. The van der Waals surface area contributed by atoms with E-state index in [9.17, 15) is 9.90 Å². The molecule has 0 aliphatic rings. The molecule has 120 valence electrons. The Hall–Kier alpha value is -1.36. The summed E-state index contributed by atoms with van der Waals surface area (Å²) in [6.45, 7) is 6.55. The Labute approximate surface area is 135 Å². The Kier molecular flexibility index (Phi) is 4.95. The zero-order valence-electron chi connectivity index (χ0n) is 13.4. The van der Waals surface area contributed by atoms with Gasteiger partial charge in [-0.15, -0.1) is 0 Å². The Bertz CT molecular complexity index is 731. The summed E-state index contributed by atoms with van der Waals surface area (Å²) in [7, 11) is 1.90. The first kappa shape index (κ1) is 17.0. The van der Waals surface area contributed by atoms with E-state index < -0.39 is 5.60 Å². The number of nitrogens with zero attached hydrogens (tertiary/aromatic N) is 1. The molecule has 0 bridgehead atoms. The number of rotatable bonds is 5. The van der Waals surface area contributed by atoms with Gasteiger partial charge in [0.1, 0.15) is 5.58 Å². The molecular weight excluding hydrogens is 302 g/mol. The third kappa shape index (κ3) is 4.09. The first-order valence-corrected chi connectivity index (χ1v) is 7.73. The van der Waals surface area contributed by atoms with Gasteiger partial charge in [0.2, 0.25) is 0 Å². The molecular formula is C17H22ClNO3. The second kappa shape index (κ2) is 6.41.